The average molecular weight is 294 g/mol. The Balaban J connectivity index is 0.000000774. The largest absolute Gasteiger partial charge is 0.0898 e. The lowest BCUT2D eigenvalue weighted by Gasteiger charge is -2.12. The summed E-state index contributed by atoms with van der Waals surface area (Å²) in [4.78, 5) is 2.46. The van der Waals surface area contributed by atoms with Gasteiger partial charge in [0.05, 0.1) is 0 Å². The van der Waals surface area contributed by atoms with Gasteiger partial charge in [-0.15, -0.1) is 0 Å². The molecule has 0 saturated heterocycles. The fourth-order valence-corrected chi connectivity index (χ4v) is 3.31. The van der Waals surface area contributed by atoms with Crippen molar-refractivity contribution in [2.45, 2.75) is 32.1 Å². The van der Waals surface area contributed by atoms with Gasteiger partial charge in [0.15, 0.2) is 0 Å². The molecular formula is C20H22S. The van der Waals surface area contributed by atoms with E-state index in [0.29, 0.717) is 0 Å². The molecular weight excluding hydrogens is 272 g/mol. The molecule has 0 atom stereocenters. The van der Waals surface area contributed by atoms with Crippen LogP contribution in [0, 0.1) is 6.92 Å². The second kappa shape index (κ2) is 7.33. The maximum Gasteiger partial charge on any atom is 0.0235 e. The predicted molar refractivity (Wildman–Crippen MR) is 95.8 cm³/mol. The van der Waals surface area contributed by atoms with Gasteiger partial charge in [-0.1, -0.05) is 92.4 Å². The van der Waals surface area contributed by atoms with Crippen molar-refractivity contribution in [3.05, 3.63) is 77.2 Å². The summed E-state index contributed by atoms with van der Waals surface area (Å²) in [5.41, 5.74) is 5.28. The molecule has 3 rings (SSSR count). The van der Waals surface area contributed by atoms with E-state index < -0.39 is 0 Å². The fraction of sp³-hybridized carbons (Fsp3) is 0.200. The Hall–Kier alpha value is -1.73. The van der Waals surface area contributed by atoms with Gasteiger partial charge in [-0.2, -0.15) is 0 Å². The molecule has 1 aliphatic rings. The maximum absolute atomic E-state index is 4.10. The number of hydrogen-bond donors (Lipinski definition) is 0. The number of fused-ring (bicyclic) bond motifs is 1. The molecule has 0 spiro atoms. The van der Waals surface area contributed by atoms with Crippen LogP contribution in [0.25, 0.3) is 11.1 Å². The molecule has 0 bridgehead atoms. The van der Waals surface area contributed by atoms with Crippen molar-refractivity contribution < 1.29 is 0 Å². The summed E-state index contributed by atoms with van der Waals surface area (Å²) in [6.07, 6.45) is 5.30. The maximum atomic E-state index is 4.10. The molecule has 0 unspecified atom stereocenters. The minimum atomic E-state index is 0.987. The lowest BCUT2D eigenvalue weighted by atomic mass is 10.0. The second-order valence-corrected chi connectivity index (χ2v) is 5.97. The Morgan fingerprint density at radius 2 is 1.71 bits per heavy atom. The van der Waals surface area contributed by atoms with Crippen LogP contribution in [0.2, 0.25) is 0 Å². The number of allylic oxidation sites excluding steroid dienone is 2. The van der Waals surface area contributed by atoms with E-state index >= 15 is 0 Å². The van der Waals surface area contributed by atoms with Crippen molar-refractivity contribution in [3.8, 4) is 11.1 Å². The molecule has 0 nitrogen and oxygen atoms in total. The van der Waals surface area contributed by atoms with E-state index in [1.165, 1.54) is 27.1 Å². The first-order valence-corrected chi connectivity index (χ1v) is 8.28. The molecule has 1 heterocycles. The van der Waals surface area contributed by atoms with Crippen LogP contribution in [0.5, 0.6) is 0 Å². The van der Waals surface area contributed by atoms with Crippen molar-refractivity contribution in [2.24, 2.45) is 0 Å². The van der Waals surface area contributed by atoms with E-state index in [0.717, 1.165) is 11.3 Å². The van der Waals surface area contributed by atoms with Crippen molar-refractivity contribution in [1.82, 2.24) is 0 Å². The molecule has 0 aliphatic carbocycles. The van der Waals surface area contributed by atoms with Crippen LogP contribution in [-0.4, -0.2) is 0 Å². The smallest absolute Gasteiger partial charge is 0.0235 e. The predicted octanol–water partition coefficient (Wildman–Crippen LogP) is 6.41. The Bertz CT molecular complexity index is 648. The van der Waals surface area contributed by atoms with Crippen molar-refractivity contribution in [1.29, 1.82) is 0 Å². The Morgan fingerprint density at radius 3 is 2.43 bits per heavy atom. The van der Waals surface area contributed by atoms with Gasteiger partial charge in [0.1, 0.15) is 0 Å². The molecule has 1 aliphatic heterocycles. The van der Waals surface area contributed by atoms with E-state index in [2.05, 4.69) is 68.1 Å². The van der Waals surface area contributed by atoms with E-state index in [1.54, 1.807) is 11.8 Å². The van der Waals surface area contributed by atoms with Crippen LogP contribution in [0.1, 0.15) is 25.0 Å². The zero-order chi connectivity index (χ0) is 15.2. The summed E-state index contributed by atoms with van der Waals surface area (Å²) < 4.78 is 0. The van der Waals surface area contributed by atoms with Crippen molar-refractivity contribution in [3.63, 3.8) is 0 Å². The molecule has 2 aromatic rings. The van der Waals surface area contributed by atoms with Crippen LogP contribution >= 0.6 is 11.8 Å². The van der Waals surface area contributed by atoms with Crippen LogP contribution < -0.4 is 0 Å². The number of rotatable bonds is 1. The Kier molecular flexibility index (Phi) is 5.46. The van der Waals surface area contributed by atoms with Crippen LogP contribution in [0.3, 0.4) is 0 Å². The monoisotopic (exact) mass is 294 g/mol. The topological polar surface area (TPSA) is 0 Å². The molecule has 0 fully saturated rings. The van der Waals surface area contributed by atoms with Gasteiger partial charge in [0, 0.05) is 9.80 Å². The first-order chi connectivity index (χ1) is 10.2. The summed E-state index contributed by atoms with van der Waals surface area (Å²) in [5, 5.41) is 0. The standard InChI is InChI=1S/C18H16S.C2H6/c1-13-9-11-15(12-10-13)17-8-4-7-16-6-3-5-14(2)19-18(16)17;1-2/h3-5,7-12H,2,6H2,1H3;1-2H3. The normalized spacial score (nSPS) is 13.0. The molecule has 2 aromatic carbocycles. The van der Waals surface area contributed by atoms with E-state index in [-0.39, 0.29) is 0 Å². The number of hydrogen-bond acceptors (Lipinski definition) is 1. The summed E-state index contributed by atoms with van der Waals surface area (Å²) in [5.74, 6) is 0. The molecule has 0 N–H and O–H groups in total. The zero-order valence-electron chi connectivity index (χ0n) is 13.0. The van der Waals surface area contributed by atoms with Gasteiger partial charge in [0.2, 0.25) is 0 Å². The Morgan fingerprint density at radius 1 is 1.00 bits per heavy atom. The lowest BCUT2D eigenvalue weighted by molar-refractivity contribution is 1.19. The third-order valence-electron chi connectivity index (χ3n) is 3.33. The molecule has 108 valence electrons. The first kappa shape index (κ1) is 15.7. The minimum absolute atomic E-state index is 0.987. The van der Waals surface area contributed by atoms with Gasteiger partial charge in [0.25, 0.3) is 0 Å². The molecule has 1 heteroatoms. The highest BCUT2D eigenvalue weighted by Gasteiger charge is 2.12. The van der Waals surface area contributed by atoms with Gasteiger partial charge in [-0.25, -0.2) is 0 Å². The summed E-state index contributed by atoms with van der Waals surface area (Å²) in [6.45, 7) is 10.2. The summed E-state index contributed by atoms with van der Waals surface area (Å²) >= 11 is 1.78. The lowest BCUT2D eigenvalue weighted by Crippen LogP contribution is -1.89. The van der Waals surface area contributed by atoms with Gasteiger partial charge in [-0.05, 0) is 30.0 Å². The quantitative estimate of drug-likeness (QED) is 0.586. The fourth-order valence-electron chi connectivity index (χ4n) is 2.31. The Labute approximate surface area is 132 Å². The molecule has 0 amide bonds. The van der Waals surface area contributed by atoms with Gasteiger partial charge in [-0.3, -0.25) is 0 Å². The minimum Gasteiger partial charge on any atom is -0.0898 e. The van der Waals surface area contributed by atoms with Crippen LogP contribution in [-0.2, 0) is 6.42 Å². The highest BCUT2D eigenvalue weighted by Crippen LogP contribution is 2.39. The van der Waals surface area contributed by atoms with Crippen LogP contribution in [0.4, 0.5) is 0 Å². The zero-order valence-corrected chi connectivity index (χ0v) is 13.8. The molecule has 21 heavy (non-hydrogen) atoms. The molecule has 0 saturated carbocycles. The summed E-state index contributed by atoms with van der Waals surface area (Å²) in [7, 11) is 0. The SMILES string of the molecule is C=C1C=CCc2cccc(-c3ccc(C)cc3)c2S1.CC. The number of thioether (sulfide) groups is 1. The van der Waals surface area contributed by atoms with Crippen molar-refractivity contribution >= 4 is 11.8 Å². The number of aryl methyl sites for hydroxylation is 1. The van der Waals surface area contributed by atoms with E-state index in [1.807, 2.05) is 13.8 Å². The van der Waals surface area contributed by atoms with Gasteiger partial charge >= 0.3 is 0 Å². The third kappa shape index (κ3) is 3.68. The summed E-state index contributed by atoms with van der Waals surface area (Å²) in [6, 6.07) is 15.3. The third-order valence-corrected chi connectivity index (χ3v) is 4.42. The molecule has 0 radical (unpaired) electrons. The highest BCUT2D eigenvalue weighted by molar-refractivity contribution is 8.03. The average Bonchev–Trinajstić information content (AvgIpc) is 2.70. The second-order valence-electron chi connectivity index (χ2n) is 4.83. The first-order valence-electron chi connectivity index (χ1n) is 7.46. The highest BCUT2D eigenvalue weighted by atomic mass is 32.2. The van der Waals surface area contributed by atoms with Crippen LogP contribution in [0.15, 0.2) is 71.0 Å². The van der Waals surface area contributed by atoms with E-state index in [4.69, 9.17) is 0 Å². The number of benzene rings is 2. The van der Waals surface area contributed by atoms with Crippen molar-refractivity contribution in [2.75, 3.05) is 0 Å². The molecule has 0 aromatic heterocycles. The van der Waals surface area contributed by atoms with E-state index in [9.17, 15) is 0 Å². The van der Waals surface area contributed by atoms with Gasteiger partial charge < -0.3 is 0 Å².